The topological polar surface area (TPSA) is 80.3 Å². The maximum Gasteiger partial charge on any atom is 0.251 e. The lowest BCUT2D eigenvalue weighted by Crippen LogP contribution is -2.49. The molecule has 0 saturated heterocycles. The molecule has 2 amide bonds. The van der Waals surface area contributed by atoms with Crippen molar-refractivity contribution in [2.24, 2.45) is 5.92 Å². The van der Waals surface area contributed by atoms with Crippen LogP contribution in [0, 0.1) is 12.8 Å². The molecule has 2 rings (SSSR count). The van der Waals surface area contributed by atoms with Gasteiger partial charge in [0.15, 0.2) is 0 Å². The third kappa shape index (κ3) is 5.31. The average Bonchev–Trinajstić information content (AvgIpc) is 2.64. The van der Waals surface area contributed by atoms with E-state index in [0.717, 1.165) is 11.1 Å². The Bertz CT molecular complexity index is 757. The van der Waals surface area contributed by atoms with Crippen molar-refractivity contribution in [3.63, 3.8) is 0 Å². The van der Waals surface area contributed by atoms with E-state index in [1.807, 2.05) is 32.9 Å². The molecule has 1 aromatic heterocycles. The number of hydrogen-bond acceptors (Lipinski definition) is 4. The zero-order valence-corrected chi connectivity index (χ0v) is 15.6. The second kappa shape index (κ2) is 8.99. The number of carbonyl (C=O) groups is 2. The fourth-order valence-electron chi connectivity index (χ4n) is 2.44. The third-order valence-electron chi connectivity index (χ3n) is 4.02. The number of nitrogens with one attached hydrogen (secondary N) is 2. The number of pyridine rings is 1. The first-order valence-electron chi connectivity index (χ1n) is 8.55. The first-order valence-corrected chi connectivity index (χ1v) is 8.55. The Morgan fingerprint density at radius 2 is 1.85 bits per heavy atom. The van der Waals surface area contributed by atoms with Crippen LogP contribution in [0.15, 0.2) is 42.6 Å². The molecule has 0 aliphatic heterocycles. The predicted molar refractivity (Wildman–Crippen MR) is 99.9 cm³/mol. The zero-order valence-electron chi connectivity index (χ0n) is 15.6. The molecule has 6 nitrogen and oxygen atoms in total. The summed E-state index contributed by atoms with van der Waals surface area (Å²) in [6.07, 6.45) is 1.62. The standard InChI is InChI=1S/C20H25N3O3/c1-13(2)18(23-19(24)16-7-5-14(3)6-8-16)20(25)22-12-15-9-10-21-17(11-15)26-4/h5-11,13,18H,12H2,1-4H3,(H,22,25)(H,23,24). The highest BCUT2D eigenvalue weighted by molar-refractivity contribution is 5.97. The number of hydrogen-bond donors (Lipinski definition) is 2. The highest BCUT2D eigenvalue weighted by Crippen LogP contribution is 2.10. The van der Waals surface area contributed by atoms with E-state index in [-0.39, 0.29) is 17.7 Å². The van der Waals surface area contributed by atoms with Crippen molar-refractivity contribution in [2.45, 2.75) is 33.4 Å². The molecule has 0 aliphatic carbocycles. The molecule has 0 bridgehead atoms. The Morgan fingerprint density at radius 1 is 1.15 bits per heavy atom. The minimum Gasteiger partial charge on any atom is -0.481 e. The van der Waals surface area contributed by atoms with Gasteiger partial charge in [0.2, 0.25) is 11.8 Å². The Morgan fingerprint density at radius 3 is 2.46 bits per heavy atom. The van der Waals surface area contributed by atoms with Gasteiger partial charge in [0, 0.05) is 24.4 Å². The van der Waals surface area contributed by atoms with Crippen molar-refractivity contribution in [3.05, 3.63) is 59.3 Å². The monoisotopic (exact) mass is 355 g/mol. The van der Waals surface area contributed by atoms with E-state index in [4.69, 9.17) is 4.74 Å². The Labute approximate surface area is 154 Å². The first-order chi connectivity index (χ1) is 12.4. The number of aromatic nitrogens is 1. The smallest absolute Gasteiger partial charge is 0.251 e. The number of carbonyl (C=O) groups excluding carboxylic acids is 2. The summed E-state index contributed by atoms with van der Waals surface area (Å²) in [7, 11) is 1.54. The lowest BCUT2D eigenvalue weighted by Gasteiger charge is -2.22. The fraction of sp³-hybridized carbons (Fsp3) is 0.350. The van der Waals surface area contributed by atoms with E-state index in [1.54, 1.807) is 37.6 Å². The molecule has 2 aromatic rings. The molecule has 0 fully saturated rings. The molecule has 0 saturated carbocycles. The van der Waals surface area contributed by atoms with E-state index in [0.29, 0.717) is 18.0 Å². The van der Waals surface area contributed by atoms with Crippen molar-refractivity contribution in [2.75, 3.05) is 7.11 Å². The molecule has 0 radical (unpaired) electrons. The van der Waals surface area contributed by atoms with Gasteiger partial charge in [-0.15, -0.1) is 0 Å². The van der Waals surface area contributed by atoms with Gasteiger partial charge >= 0.3 is 0 Å². The summed E-state index contributed by atoms with van der Waals surface area (Å²) < 4.78 is 5.08. The maximum absolute atomic E-state index is 12.6. The Kier molecular flexibility index (Phi) is 6.72. The van der Waals surface area contributed by atoms with Gasteiger partial charge in [-0.05, 0) is 36.6 Å². The molecule has 2 N–H and O–H groups in total. The molecule has 1 aromatic carbocycles. The van der Waals surface area contributed by atoms with E-state index in [1.165, 1.54) is 0 Å². The molecule has 0 aliphatic rings. The highest BCUT2D eigenvalue weighted by atomic mass is 16.5. The Balaban J connectivity index is 2.00. The van der Waals surface area contributed by atoms with Crippen LogP contribution in [0.25, 0.3) is 0 Å². The van der Waals surface area contributed by atoms with Gasteiger partial charge in [0.25, 0.3) is 5.91 Å². The number of rotatable bonds is 7. The quantitative estimate of drug-likeness (QED) is 0.799. The van der Waals surface area contributed by atoms with Gasteiger partial charge in [0.05, 0.1) is 7.11 Å². The minimum absolute atomic E-state index is 0.0450. The van der Waals surface area contributed by atoms with Crippen LogP contribution in [-0.4, -0.2) is 29.9 Å². The van der Waals surface area contributed by atoms with Gasteiger partial charge in [-0.3, -0.25) is 9.59 Å². The third-order valence-corrected chi connectivity index (χ3v) is 4.02. The normalized spacial score (nSPS) is 11.7. The summed E-state index contributed by atoms with van der Waals surface area (Å²) in [4.78, 5) is 29.0. The largest absolute Gasteiger partial charge is 0.481 e. The van der Waals surface area contributed by atoms with Crippen LogP contribution in [0.4, 0.5) is 0 Å². The molecule has 1 atom stereocenters. The molecule has 0 spiro atoms. The minimum atomic E-state index is -0.618. The predicted octanol–water partition coefficient (Wildman–Crippen LogP) is 2.47. The lowest BCUT2D eigenvalue weighted by molar-refractivity contribution is -0.124. The Hall–Kier alpha value is -2.89. The molecule has 138 valence electrons. The summed E-state index contributed by atoms with van der Waals surface area (Å²) in [6, 6.07) is 10.2. The van der Waals surface area contributed by atoms with Gasteiger partial charge in [-0.2, -0.15) is 0 Å². The number of amides is 2. The van der Waals surface area contributed by atoms with Crippen LogP contribution < -0.4 is 15.4 Å². The molecular weight excluding hydrogens is 330 g/mol. The van der Waals surface area contributed by atoms with Gasteiger partial charge < -0.3 is 15.4 Å². The van der Waals surface area contributed by atoms with E-state index in [2.05, 4.69) is 15.6 Å². The van der Waals surface area contributed by atoms with Crippen LogP contribution in [0.5, 0.6) is 5.88 Å². The SMILES string of the molecule is COc1cc(CNC(=O)C(NC(=O)c2ccc(C)cc2)C(C)C)ccn1. The van der Waals surface area contributed by atoms with E-state index < -0.39 is 6.04 Å². The number of benzene rings is 1. The van der Waals surface area contributed by atoms with Gasteiger partial charge in [-0.1, -0.05) is 31.5 Å². The van der Waals surface area contributed by atoms with Gasteiger partial charge in [0.1, 0.15) is 6.04 Å². The van der Waals surface area contributed by atoms with Crippen molar-refractivity contribution in [3.8, 4) is 5.88 Å². The average molecular weight is 355 g/mol. The molecule has 1 heterocycles. The second-order valence-electron chi connectivity index (χ2n) is 6.49. The van der Waals surface area contributed by atoms with Crippen LogP contribution >= 0.6 is 0 Å². The number of methoxy groups -OCH3 is 1. The van der Waals surface area contributed by atoms with Crippen LogP contribution in [-0.2, 0) is 11.3 Å². The first kappa shape index (κ1) is 19.4. The van der Waals surface area contributed by atoms with E-state index >= 15 is 0 Å². The summed E-state index contributed by atoms with van der Waals surface area (Å²) in [5.74, 6) is -0.0399. The summed E-state index contributed by atoms with van der Waals surface area (Å²) in [5.41, 5.74) is 2.48. The van der Waals surface area contributed by atoms with Crippen molar-refractivity contribution in [1.29, 1.82) is 0 Å². The number of ether oxygens (including phenoxy) is 1. The fourth-order valence-corrected chi connectivity index (χ4v) is 2.44. The second-order valence-corrected chi connectivity index (χ2v) is 6.49. The maximum atomic E-state index is 12.6. The zero-order chi connectivity index (χ0) is 19.1. The van der Waals surface area contributed by atoms with Crippen LogP contribution in [0.2, 0.25) is 0 Å². The van der Waals surface area contributed by atoms with Crippen LogP contribution in [0.3, 0.4) is 0 Å². The molecule has 26 heavy (non-hydrogen) atoms. The van der Waals surface area contributed by atoms with Crippen LogP contribution in [0.1, 0.15) is 35.3 Å². The molecule has 6 heteroatoms. The van der Waals surface area contributed by atoms with Gasteiger partial charge in [-0.25, -0.2) is 4.98 Å². The van der Waals surface area contributed by atoms with Crippen molar-refractivity contribution < 1.29 is 14.3 Å². The summed E-state index contributed by atoms with van der Waals surface area (Å²) in [6.45, 7) is 6.09. The number of nitrogens with zero attached hydrogens (tertiary/aromatic N) is 1. The lowest BCUT2D eigenvalue weighted by atomic mass is 10.0. The van der Waals surface area contributed by atoms with Crippen molar-refractivity contribution in [1.82, 2.24) is 15.6 Å². The van der Waals surface area contributed by atoms with Crippen molar-refractivity contribution >= 4 is 11.8 Å². The van der Waals surface area contributed by atoms with E-state index in [9.17, 15) is 9.59 Å². The summed E-state index contributed by atoms with van der Waals surface area (Å²) in [5, 5.41) is 5.68. The molecular formula is C20H25N3O3. The summed E-state index contributed by atoms with van der Waals surface area (Å²) >= 11 is 0. The highest BCUT2D eigenvalue weighted by Gasteiger charge is 2.24. The number of aryl methyl sites for hydroxylation is 1. The molecule has 1 unspecified atom stereocenters.